The second-order valence-electron chi connectivity index (χ2n) is 3.21. The number of benzene rings is 1. The first kappa shape index (κ1) is 10.4. The Hall–Kier alpha value is -0.643. The van der Waals surface area contributed by atoms with Gasteiger partial charge in [0.15, 0.2) is 0 Å². The molecule has 0 aliphatic heterocycles. The fourth-order valence-corrected chi connectivity index (χ4v) is 1.71. The van der Waals surface area contributed by atoms with Crippen LogP contribution in [0.5, 0.6) is 0 Å². The molecule has 0 aliphatic rings. The van der Waals surface area contributed by atoms with Gasteiger partial charge in [-0.05, 0) is 31.9 Å². The van der Waals surface area contributed by atoms with Crippen molar-refractivity contribution in [2.45, 2.75) is 26.9 Å². The minimum absolute atomic E-state index is 0.0241. The Kier molecular flexibility index (Phi) is 3.66. The summed E-state index contributed by atoms with van der Waals surface area (Å²) in [4.78, 5) is 8.65. The van der Waals surface area contributed by atoms with Gasteiger partial charge >= 0.3 is 10.0 Å². The van der Waals surface area contributed by atoms with Crippen molar-refractivity contribution in [3.63, 3.8) is 0 Å². The molecule has 1 atom stereocenters. The molecule has 70 valence electrons. The largest absolute Gasteiger partial charge is 0.430 e. The molecule has 3 heteroatoms. The molecule has 0 aromatic heterocycles. The van der Waals surface area contributed by atoms with Crippen molar-refractivity contribution >= 4 is 10.0 Å². The summed E-state index contributed by atoms with van der Waals surface area (Å²) in [5.74, 6) is 0. The Balaban J connectivity index is 2.88. The van der Waals surface area contributed by atoms with E-state index in [2.05, 4.69) is 32.0 Å². The lowest BCUT2D eigenvalue weighted by molar-refractivity contribution is 0.204. The lowest BCUT2D eigenvalue weighted by atomic mass is 10.0. The molecule has 0 saturated heterocycles. The highest BCUT2D eigenvalue weighted by molar-refractivity contribution is 6.15. The molecular formula is C10H14O2Si. The van der Waals surface area contributed by atoms with E-state index in [0.29, 0.717) is 0 Å². The van der Waals surface area contributed by atoms with Crippen molar-refractivity contribution in [3.05, 3.63) is 34.9 Å². The highest BCUT2D eigenvalue weighted by atomic mass is 28.2. The van der Waals surface area contributed by atoms with E-state index >= 15 is 0 Å². The van der Waals surface area contributed by atoms with Crippen LogP contribution in [-0.2, 0) is 4.43 Å². The molecule has 13 heavy (non-hydrogen) atoms. The topological polar surface area (TPSA) is 29.5 Å². The summed E-state index contributed by atoms with van der Waals surface area (Å²) in [5, 5.41) is 0. The van der Waals surface area contributed by atoms with Crippen LogP contribution in [0.2, 0.25) is 0 Å². The Bertz CT molecular complexity index is 286. The number of hydrogen-bond acceptors (Lipinski definition) is 2. The molecule has 0 saturated carbocycles. The van der Waals surface area contributed by atoms with Gasteiger partial charge in [-0.3, -0.25) is 0 Å². The predicted molar refractivity (Wildman–Crippen MR) is 53.4 cm³/mol. The van der Waals surface area contributed by atoms with Crippen LogP contribution in [-0.4, -0.2) is 14.8 Å². The highest BCUT2D eigenvalue weighted by Crippen LogP contribution is 2.20. The molecular weight excluding hydrogens is 180 g/mol. The standard InChI is InChI=1S/C10H14O2Si/c1-7-4-5-10(8(2)6-7)9(3)12-13-11/h4-6,9,11H,1-3H3. The SMILES string of the molecule is Cc1ccc(C(C)O[Si]O)c(C)c1. The van der Waals surface area contributed by atoms with Crippen molar-refractivity contribution in [1.29, 1.82) is 0 Å². The summed E-state index contributed by atoms with van der Waals surface area (Å²) < 4.78 is 5.13. The molecule has 2 radical (unpaired) electrons. The van der Waals surface area contributed by atoms with Crippen molar-refractivity contribution in [2.75, 3.05) is 0 Å². The van der Waals surface area contributed by atoms with E-state index in [0.717, 1.165) is 5.56 Å². The van der Waals surface area contributed by atoms with Gasteiger partial charge < -0.3 is 9.22 Å². The lowest BCUT2D eigenvalue weighted by Gasteiger charge is -2.14. The summed E-state index contributed by atoms with van der Waals surface area (Å²) in [7, 11) is -0.443. The van der Waals surface area contributed by atoms with Crippen LogP contribution < -0.4 is 0 Å². The molecule has 0 fully saturated rings. The smallest absolute Gasteiger partial charge is 0.409 e. The first-order chi connectivity index (χ1) is 6.15. The summed E-state index contributed by atoms with van der Waals surface area (Å²) in [6, 6.07) is 6.23. The fraction of sp³-hybridized carbons (Fsp3) is 0.400. The molecule has 1 aromatic rings. The quantitative estimate of drug-likeness (QED) is 0.745. The van der Waals surface area contributed by atoms with E-state index in [1.807, 2.05) is 6.92 Å². The summed E-state index contributed by atoms with van der Waals surface area (Å²) in [6.07, 6.45) is -0.0241. The summed E-state index contributed by atoms with van der Waals surface area (Å²) >= 11 is 0. The number of hydrogen-bond donors (Lipinski definition) is 1. The Morgan fingerprint density at radius 2 is 2.08 bits per heavy atom. The van der Waals surface area contributed by atoms with Crippen LogP contribution in [0.1, 0.15) is 29.7 Å². The molecule has 2 nitrogen and oxygen atoms in total. The molecule has 1 unspecified atom stereocenters. The van der Waals surface area contributed by atoms with Gasteiger partial charge in [0.2, 0.25) is 0 Å². The monoisotopic (exact) mass is 194 g/mol. The molecule has 0 spiro atoms. The average Bonchev–Trinajstić information content (AvgIpc) is 2.04. The maximum absolute atomic E-state index is 8.65. The zero-order valence-electron chi connectivity index (χ0n) is 8.16. The molecule has 1 N–H and O–H groups in total. The van der Waals surface area contributed by atoms with Crippen molar-refractivity contribution < 1.29 is 9.22 Å². The van der Waals surface area contributed by atoms with E-state index in [1.165, 1.54) is 11.1 Å². The first-order valence-corrected chi connectivity index (χ1v) is 5.12. The molecule has 0 aliphatic carbocycles. The second-order valence-corrected chi connectivity index (χ2v) is 3.63. The molecule has 0 bridgehead atoms. The molecule has 0 heterocycles. The normalized spacial score (nSPS) is 12.9. The third kappa shape index (κ3) is 2.65. The van der Waals surface area contributed by atoms with E-state index in [1.54, 1.807) is 0 Å². The van der Waals surface area contributed by atoms with Gasteiger partial charge in [0.05, 0.1) is 6.10 Å². The Morgan fingerprint density at radius 1 is 1.38 bits per heavy atom. The predicted octanol–water partition coefficient (Wildman–Crippen LogP) is 1.91. The van der Waals surface area contributed by atoms with Gasteiger partial charge in [0.1, 0.15) is 0 Å². The number of rotatable bonds is 3. The lowest BCUT2D eigenvalue weighted by Crippen LogP contribution is -2.05. The zero-order chi connectivity index (χ0) is 9.84. The second kappa shape index (κ2) is 4.55. The maximum atomic E-state index is 8.65. The van der Waals surface area contributed by atoms with Gasteiger partial charge in [-0.2, -0.15) is 0 Å². The van der Waals surface area contributed by atoms with Crippen molar-refractivity contribution in [3.8, 4) is 0 Å². The van der Waals surface area contributed by atoms with E-state index < -0.39 is 10.0 Å². The summed E-state index contributed by atoms with van der Waals surface area (Å²) in [5.41, 5.74) is 3.61. The fourth-order valence-electron chi connectivity index (χ4n) is 1.42. The maximum Gasteiger partial charge on any atom is 0.430 e. The van der Waals surface area contributed by atoms with Gasteiger partial charge in [-0.25, -0.2) is 0 Å². The van der Waals surface area contributed by atoms with Gasteiger partial charge in [0.25, 0.3) is 0 Å². The number of aryl methyl sites for hydroxylation is 2. The van der Waals surface area contributed by atoms with Crippen LogP contribution in [0.25, 0.3) is 0 Å². The van der Waals surface area contributed by atoms with Crippen LogP contribution in [0.3, 0.4) is 0 Å². The minimum atomic E-state index is -0.443. The molecule has 0 amide bonds. The first-order valence-electron chi connectivity index (χ1n) is 4.27. The van der Waals surface area contributed by atoms with Crippen LogP contribution in [0.15, 0.2) is 18.2 Å². The van der Waals surface area contributed by atoms with E-state index in [-0.39, 0.29) is 6.10 Å². The minimum Gasteiger partial charge on any atom is -0.409 e. The Labute approximate surface area is 81.6 Å². The Morgan fingerprint density at radius 3 is 2.62 bits per heavy atom. The van der Waals surface area contributed by atoms with Crippen LogP contribution >= 0.6 is 0 Å². The third-order valence-corrected chi connectivity index (χ3v) is 2.55. The zero-order valence-corrected chi connectivity index (χ0v) is 9.16. The van der Waals surface area contributed by atoms with Crippen molar-refractivity contribution in [2.24, 2.45) is 0 Å². The molecule has 1 rings (SSSR count). The van der Waals surface area contributed by atoms with E-state index in [4.69, 9.17) is 9.22 Å². The highest BCUT2D eigenvalue weighted by Gasteiger charge is 2.08. The summed E-state index contributed by atoms with van der Waals surface area (Å²) in [6.45, 7) is 6.07. The van der Waals surface area contributed by atoms with Gasteiger partial charge in [-0.1, -0.05) is 23.8 Å². The van der Waals surface area contributed by atoms with Gasteiger partial charge in [-0.15, -0.1) is 0 Å². The van der Waals surface area contributed by atoms with Crippen LogP contribution in [0.4, 0.5) is 0 Å². The van der Waals surface area contributed by atoms with Crippen molar-refractivity contribution in [1.82, 2.24) is 0 Å². The van der Waals surface area contributed by atoms with E-state index in [9.17, 15) is 0 Å². The van der Waals surface area contributed by atoms with Gasteiger partial charge in [0, 0.05) is 0 Å². The average molecular weight is 194 g/mol. The van der Waals surface area contributed by atoms with Crippen LogP contribution in [0, 0.1) is 13.8 Å². The molecule has 1 aromatic carbocycles. The third-order valence-electron chi connectivity index (χ3n) is 2.09.